The van der Waals surface area contributed by atoms with Crippen LogP contribution in [0.4, 0.5) is 0 Å². The van der Waals surface area contributed by atoms with E-state index in [4.69, 9.17) is 9.40 Å². The zero-order valence-corrected chi connectivity index (χ0v) is 18.6. The molecule has 0 unspecified atom stereocenters. The van der Waals surface area contributed by atoms with Gasteiger partial charge in [-0.25, -0.2) is 4.98 Å². The van der Waals surface area contributed by atoms with Gasteiger partial charge in [0.1, 0.15) is 11.4 Å². The van der Waals surface area contributed by atoms with Gasteiger partial charge in [0, 0.05) is 17.0 Å². The quantitative estimate of drug-likeness (QED) is 0.299. The summed E-state index contributed by atoms with van der Waals surface area (Å²) in [7, 11) is 0. The number of pyridine rings is 1. The number of fused-ring (bicyclic) bond motifs is 4. The van der Waals surface area contributed by atoms with Crippen LogP contribution in [0.5, 0.6) is 0 Å². The zero-order valence-electron chi connectivity index (χ0n) is 18.6. The van der Waals surface area contributed by atoms with Crippen molar-refractivity contribution in [3.8, 4) is 17.1 Å². The molecule has 0 atom stereocenters. The third-order valence-electron chi connectivity index (χ3n) is 6.39. The van der Waals surface area contributed by atoms with Gasteiger partial charge in [-0.05, 0) is 62.6 Å². The summed E-state index contributed by atoms with van der Waals surface area (Å²) in [6.07, 6.45) is 1.85. The lowest BCUT2D eigenvalue weighted by Crippen LogP contribution is -2.03. The predicted molar refractivity (Wildman–Crippen MR) is 131 cm³/mol. The standard InChI is InChI=1S/C28H23N3O/c1-16-12-13-20-21-14-15-29-19(4)26(21)32-27(20)24(16)28-30-22-10-5-6-11-23(22)31(28)25-17(2)8-7-9-18(25)3/h5-15H,1-4H3. The number of imidazole rings is 1. The molecule has 0 aliphatic heterocycles. The number of aryl methyl sites for hydroxylation is 4. The van der Waals surface area contributed by atoms with E-state index < -0.39 is 0 Å². The van der Waals surface area contributed by atoms with E-state index in [1.165, 1.54) is 16.8 Å². The Morgan fingerprint density at radius 3 is 2.28 bits per heavy atom. The van der Waals surface area contributed by atoms with Gasteiger partial charge < -0.3 is 4.42 Å². The second-order valence-electron chi connectivity index (χ2n) is 8.51. The van der Waals surface area contributed by atoms with E-state index in [1.54, 1.807) is 0 Å². The van der Waals surface area contributed by atoms with E-state index in [2.05, 4.69) is 78.9 Å². The predicted octanol–water partition coefficient (Wildman–Crippen LogP) is 7.22. The SMILES string of the molecule is Cc1cccc(C)c1-n1c(-c2c(C)ccc3c2oc2c(C)nccc23)nc2ccccc21. The Labute approximate surface area is 186 Å². The minimum Gasteiger partial charge on any atom is -0.453 e. The Kier molecular flexibility index (Phi) is 3.99. The second-order valence-corrected chi connectivity index (χ2v) is 8.51. The fraction of sp³-hybridized carbons (Fsp3) is 0.143. The number of furan rings is 1. The molecule has 3 aromatic heterocycles. The number of nitrogens with zero attached hydrogens (tertiary/aromatic N) is 3. The summed E-state index contributed by atoms with van der Waals surface area (Å²) in [5.74, 6) is 0.899. The molecule has 156 valence electrons. The summed E-state index contributed by atoms with van der Waals surface area (Å²) >= 11 is 0. The molecule has 0 aliphatic rings. The third-order valence-corrected chi connectivity index (χ3v) is 6.39. The number of hydrogen-bond donors (Lipinski definition) is 0. The van der Waals surface area contributed by atoms with Gasteiger partial charge in [-0.3, -0.25) is 9.55 Å². The highest BCUT2D eigenvalue weighted by Gasteiger charge is 2.23. The Bertz CT molecular complexity index is 1650. The van der Waals surface area contributed by atoms with Crippen LogP contribution in [0.3, 0.4) is 0 Å². The third kappa shape index (κ3) is 2.56. The van der Waals surface area contributed by atoms with Gasteiger partial charge in [0.2, 0.25) is 0 Å². The van der Waals surface area contributed by atoms with E-state index in [-0.39, 0.29) is 0 Å². The van der Waals surface area contributed by atoms with Crippen LogP contribution < -0.4 is 0 Å². The molecule has 0 aliphatic carbocycles. The molecule has 4 nitrogen and oxygen atoms in total. The molecule has 0 saturated heterocycles. The molecule has 6 aromatic rings. The number of aromatic nitrogens is 3. The summed E-state index contributed by atoms with van der Waals surface area (Å²) in [5.41, 5.74) is 10.4. The molecule has 0 fully saturated rings. The van der Waals surface area contributed by atoms with Gasteiger partial charge in [0.05, 0.1) is 28.0 Å². The van der Waals surface area contributed by atoms with Gasteiger partial charge in [-0.2, -0.15) is 0 Å². The maximum Gasteiger partial charge on any atom is 0.156 e. The lowest BCUT2D eigenvalue weighted by molar-refractivity contribution is 0.663. The molecular formula is C28H23N3O. The van der Waals surface area contributed by atoms with Crippen molar-refractivity contribution in [3.63, 3.8) is 0 Å². The summed E-state index contributed by atoms with van der Waals surface area (Å²) < 4.78 is 8.77. The Hall–Kier alpha value is -3.92. The molecule has 0 amide bonds. The highest BCUT2D eigenvalue weighted by atomic mass is 16.3. The summed E-state index contributed by atoms with van der Waals surface area (Å²) in [4.78, 5) is 9.57. The van der Waals surface area contributed by atoms with Crippen LogP contribution in [0.1, 0.15) is 22.4 Å². The van der Waals surface area contributed by atoms with Crippen LogP contribution in [0.15, 0.2) is 71.3 Å². The van der Waals surface area contributed by atoms with Crippen LogP contribution in [0.2, 0.25) is 0 Å². The van der Waals surface area contributed by atoms with Gasteiger partial charge >= 0.3 is 0 Å². The molecule has 0 bridgehead atoms. The first-order valence-corrected chi connectivity index (χ1v) is 10.9. The van der Waals surface area contributed by atoms with Gasteiger partial charge in [0.25, 0.3) is 0 Å². The minimum absolute atomic E-state index is 0.837. The zero-order chi connectivity index (χ0) is 22.0. The topological polar surface area (TPSA) is 43.9 Å². The minimum atomic E-state index is 0.837. The van der Waals surface area contributed by atoms with Crippen LogP contribution in [-0.2, 0) is 0 Å². The van der Waals surface area contributed by atoms with Crippen molar-refractivity contribution in [1.82, 2.24) is 14.5 Å². The van der Waals surface area contributed by atoms with Crippen LogP contribution in [0.25, 0.3) is 50.0 Å². The fourth-order valence-electron chi connectivity index (χ4n) is 4.85. The van der Waals surface area contributed by atoms with Crippen molar-refractivity contribution in [2.45, 2.75) is 27.7 Å². The van der Waals surface area contributed by atoms with Crippen molar-refractivity contribution < 1.29 is 4.42 Å². The average Bonchev–Trinajstić information content (AvgIpc) is 3.33. The van der Waals surface area contributed by atoms with Gasteiger partial charge in [0.15, 0.2) is 5.58 Å². The van der Waals surface area contributed by atoms with E-state index >= 15 is 0 Å². The number of benzene rings is 3. The molecule has 0 N–H and O–H groups in total. The fourth-order valence-corrected chi connectivity index (χ4v) is 4.85. The van der Waals surface area contributed by atoms with Gasteiger partial charge in [-0.1, -0.05) is 42.5 Å². The maximum atomic E-state index is 6.48. The molecule has 3 heterocycles. The molecule has 6 rings (SSSR count). The molecule has 32 heavy (non-hydrogen) atoms. The van der Waals surface area contributed by atoms with Crippen molar-refractivity contribution in [2.75, 3.05) is 0 Å². The van der Waals surface area contributed by atoms with E-state index in [9.17, 15) is 0 Å². The van der Waals surface area contributed by atoms with Crippen LogP contribution >= 0.6 is 0 Å². The lowest BCUT2D eigenvalue weighted by atomic mass is 10.0. The molecule has 4 heteroatoms. The molecule has 0 radical (unpaired) electrons. The molecule has 0 saturated carbocycles. The Balaban J connectivity index is 1.80. The smallest absolute Gasteiger partial charge is 0.156 e. The van der Waals surface area contributed by atoms with Crippen LogP contribution in [-0.4, -0.2) is 14.5 Å². The first kappa shape index (κ1) is 18.8. The van der Waals surface area contributed by atoms with E-state index in [0.717, 1.165) is 55.6 Å². The monoisotopic (exact) mass is 417 g/mol. The van der Waals surface area contributed by atoms with E-state index in [0.29, 0.717) is 0 Å². The average molecular weight is 418 g/mol. The summed E-state index contributed by atoms with van der Waals surface area (Å²) in [6.45, 7) is 8.43. The summed E-state index contributed by atoms with van der Waals surface area (Å²) in [6, 6.07) is 21.1. The Morgan fingerprint density at radius 2 is 1.47 bits per heavy atom. The Morgan fingerprint density at radius 1 is 0.719 bits per heavy atom. The van der Waals surface area contributed by atoms with E-state index in [1.807, 2.05) is 25.3 Å². The van der Waals surface area contributed by atoms with Gasteiger partial charge in [-0.15, -0.1) is 0 Å². The number of hydrogen-bond acceptors (Lipinski definition) is 3. The lowest BCUT2D eigenvalue weighted by Gasteiger charge is -2.16. The largest absolute Gasteiger partial charge is 0.453 e. The molecule has 3 aromatic carbocycles. The first-order valence-electron chi connectivity index (χ1n) is 10.9. The number of rotatable bonds is 2. The molecular weight excluding hydrogens is 394 g/mol. The normalized spacial score (nSPS) is 11.8. The van der Waals surface area contributed by atoms with Crippen molar-refractivity contribution in [2.24, 2.45) is 0 Å². The second kappa shape index (κ2) is 6.79. The highest BCUT2D eigenvalue weighted by Crippen LogP contribution is 2.40. The van der Waals surface area contributed by atoms with Crippen molar-refractivity contribution in [1.29, 1.82) is 0 Å². The summed E-state index contributed by atoms with van der Waals surface area (Å²) in [5, 5.41) is 2.18. The highest BCUT2D eigenvalue weighted by molar-refractivity contribution is 6.10. The first-order chi connectivity index (χ1) is 15.5. The molecule has 0 spiro atoms. The van der Waals surface area contributed by atoms with Crippen molar-refractivity contribution >= 4 is 33.0 Å². The number of para-hydroxylation sites is 3. The maximum absolute atomic E-state index is 6.48. The van der Waals surface area contributed by atoms with Crippen LogP contribution in [0, 0.1) is 27.7 Å². The van der Waals surface area contributed by atoms with Crippen molar-refractivity contribution in [3.05, 3.63) is 89.2 Å².